The van der Waals surface area contributed by atoms with Gasteiger partial charge in [-0.2, -0.15) is 13.2 Å². The number of alkyl halides is 3. The molecule has 1 aromatic rings. The van der Waals surface area contributed by atoms with E-state index in [1.54, 1.807) is 0 Å². The Labute approximate surface area is 170 Å². The van der Waals surface area contributed by atoms with E-state index in [2.05, 4.69) is 0 Å². The number of piperidine rings is 1. The molecule has 1 amide bonds. The molecule has 0 saturated carbocycles. The normalized spacial score (nSPS) is 20.4. The van der Waals surface area contributed by atoms with Gasteiger partial charge in [0.2, 0.25) is 5.91 Å². The number of fused-ring (bicyclic) bond motifs is 1. The number of hydrogen-bond donors (Lipinski definition) is 1. The Balaban J connectivity index is 1.66. The fourth-order valence-electron chi connectivity index (χ4n) is 4.23. The molecule has 162 valence electrons. The first-order chi connectivity index (χ1) is 13.5. The maximum Gasteiger partial charge on any atom is 0.391 e. The molecule has 0 bridgehead atoms. The average Bonchev–Trinajstić information content (AvgIpc) is 2.65. The third-order valence-corrected chi connectivity index (χ3v) is 5.98. The lowest BCUT2D eigenvalue weighted by molar-refractivity contribution is -0.185. The minimum atomic E-state index is -4.13. The van der Waals surface area contributed by atoms with E-state index in [1.807, 2.05) is 48.8 Å². The number of β-amino-alcohol motifs (C(OH)–C–C–N with tert-alkyl or cyclic N) is 1. The summed E-state index contributed by atoms with van der Waals surface area (Å²) in [5.41, 5.74) is 2.24. The monoisotopic (exact) mass is 412 g/mol. The lowest BCUT2D eigenvalue weighted by atomic mass is 9.91. The molecule has 3 rings (SSSR count). The molecule has 0 aliphatic carbocycles. The number of rotatable bonds is 3. The number of halogens is 3. The first-order valence-electron chi connectivity index (χ1n) is 10.4. The summed E-state index contributed by atoms with van der Waals surface area (Å²) in [5.74, 6) is -1.15. The van der Waals surface area contributed by atoms with Gasteiger partial charge in [-0.25, -0.2) is 0 Å². The van der Waals surface area contributed by atoms with Crippen molar-refractivity contribution in [2.75, 3.05) is 31.1 Å². The van der Waals surface area contributed by atoms with Crippen LogP contribution in [0.3, 0.4) is 0 Å². The molecule has 1 fully saturated rings. The number of nitrogens with zero attached hydrogens (tertiary/aromatic N) is 2. The van der Waals surface area contributed by atoms with E-state index in [0.717, 1.165) is 29.7 Å². The summed E-state index contributed by atoms with van der Waals surface area (Å²) in [6.45, 7) is 7.43. The predicted octanol–water partition coefficient (Wildman–Crippen LogP) is 4.32. The topological polar surface area (TPSA) is 43.8 Å². The van der Waals surface area contributed by atoms with E-state index in [9.17, 15) is 23.1 Å². The standard InChI is InChI=1S/C22H31F3N2O2/c1-21(2,3)20(29)27-10-4-5-15-13-16(6-7-18(15)27)19(28)14-26-11-8-17(9-12-26)22(23,24)25/h6-7,13,17,19,28H,4-5,8-12,14H2,1-3H3. The van der Waals surface area contributed by atoms with Crippen molar-refractivity contribution in [2.24, 2.45) is 11.3 Å². The van der Waals surface area contributed by atoms with E-state index in [-0.39, 0.29) is 18.7 Å². The van der Waals surface area contributed by atoms with Crippen LogP contribution in [-0.4, -0.2) is 48.3 Å². The third-order valence-electron chi connectivity index (χ3n) is 5.98. The molecule has 1 aromatic carbocycles. The van der Waals surface area contributed by atoms with Gasteiger partial charge in [-0.1, -0.05) is 32.9 Å². The van der Waals surface area contributed by atoms with Crippen molar-refractivity contribution in [3.8, 4) is 0 Å². The number of benzene rings is 1. The van der Waals surface area contributed by atoms with Crippen molar-refractivity contribution < 1.29 is 23.1 Å². The predicted molar refractivity (Wildman–Crippen MR) is 107 cm³/mol. The summed E-state index contributed by atoms with van der Waals surface area (Å²) in [6, 6.07) is 5.68. The van der Waals surface area contributed by atoms with Crippen molar-refractivity contribution in [2.45, 2.75) is 58.7 Å². The van der Waals surface area contributed by atoms with Gasteiger partial charge < -0.3 is 14.9 Å². The smallest absolute Gasteiger partial charge is 0.387 e. The fourth-order valence-corrected chi connectivity index (χ4v) is 4.23. The van der Waals surface area contributed by atoms with Crippen LogP contribution in [0.25, 0.3) is 0 Å². The highest BCUT2D eigenvalue weighted by Gasteiger charge is 2.41. The van der Waals surface area contributed by atoms with Crippen LogP contribution in [0.2, 0.25) is 0 Å². The number of hydrogen-bond acceptors (Lipinski definition) is 3. The fraction of sp³-hybridized carbons (Fsp3) is 0.682. The van der Waals surface area contributed by atoms with Crippen molar-refractivity contribution in [3.63, 3.8) is 0 Å². The van der Waals surface area contributed by atoms with Gasteiger partial charge in [0.05, 0.1) is 12.0 Å². The summed E-state index contributed by atoms with van der Waals surface area (Å²) >= 11 is 0. The van der Waals surface area contributed by atoms with E-state index in [0.29, 0.717) is 26.2 Å². The molecule has 0 radical (unpaired) electrons. The van der Waals surface area contributed by atoms with Crippen LogP contribution in [0.15, 0.2) is 18.2 Å². The molecular formula is C22H31F3N2O2. The zero-order chi connectivity index (χ0) is 21.4. The van der Waals surface area contributed by atoms with Crippen molar-refractivity contribution >= 4 is 11.6 Å². The van der Waals surface area contributed by atoms with Crippen LogP contribution >= 0.6 is 0 Å². The Hall–Kier alpha value is -1.60. The van der Waals surface area contributed by atoms with Gasteiger partial charge >= 0.3 is 6.18 Å². The van der Waals surface area contributed by atoms with Crippen LogP contribution < -0.4 is 4.90 Å². The van der Waals surface area contributed by atoms with E-state index < -0.39 is 23.6 Å². The maximum atomic E-state index is 12.8. The minimum Gasteiger partial charge on any atom is -0.387 e. The molecule has 1 atom stereocenters. The highest BCUT2D eigenvalue weighted by Crippen LogP contribution is 2.35. The number of amides is 1. The summed E-state index contributed by atoms with van der Waals surface area (Å²) in [4.78, 5) is 16.5. The number of carbonyl (C=O) groups excluding carboxylic acids is 1. The van der Waals surface area contributed by atoms with Crippen LogP contribution in [0.4, 0.5) is 18.9 Å². The highest BCUT2D eigenvalue weighted by molar-refractivity contribution is 5.98. The number of aliphatic hydroxyl groups is 1. The number of anilines is 1. The zero-order valence-electron chi connectivity index (χ0n) is 17.4. The molecular weight excluding hydrogens is 381 g/mol. The van der Waals surface area contributed by atoms with Gasteiger partial charge in [-0.05, 0) is 56.0 Å². The molecule has 1 N–H and O–H groups in total. The lowest BCUT2D eigenvalue weighted by Gasteiger charge is -2.35. The largest absolute Gasteiger partial charge is 0.391 e. The first-order valence-corrected chi connectivity index (χ1v) is 10.4. The molecule has 29 heavy (non-hydrogen) atoms. The maximum absolute atomic E-state index is 12.8. The van der Waals surface area contributed by atoms with Crippen LogP contribution in [0, 0.1) is 11.3 Å². The second-order valence-electron chi connectivity index (χ2n) is 9.33. The summed E-state index contributed by atoms with van der Waals surface area (Å²) in [6.07, 6.45) is -2.98. The van der Waals surface area contributed by atoms with Gasteiger partial charge in [0.15, 0.2) is 0 Å². The molecule has 1 saturated heterocycles. The lowest BCUT2D eigenvalue weighted by Crippen LogP contribution is -2.42. The molecule has 2 heterocycles. The molecule has 0 aromatic heterocycles. The van der Waals surface area contributed by atoms with Crippen molar-refractivity contribution in [1.82, 2.24) is 4.90 Å². The van der Waals surface area contributed by atoms with Crippen molar-refractivity contribution in [1.29, 1.82) is 0 Å². The third kappa shape index (κ3) is 5.12. The van der Waals surface area contributed by atoms with Gasteiger partial charge in [-0.3, -0.25) is 4.79 Å². The second-order valence-corrected chi connectivity index (χ2v) is 9.33. The second kappa shape index (κ2) is 8.26. The van der Waals surface area contributed by atoms with Gasteiger partial charge in [0.1, 0.15) is 0 Å². The molecule has 7 heteroatoms. The van der Waals surface area contributed by atoms with Crippen LogP contribution in [-0.2, 0) is 11.2 Å². The van der Waals surface area contributed by atoms with Crippen LogP contribution in [0.1, 0.15) is 57.3 Å². The number of carbonyl (C=O) groups is 1. The number of likely N-dealkylation sites (tertiary alicyclic amines) is 1. The first kappa shape index (κ1) is 22.1. The van der Waals surface area contributed by atoms with Gasteiger partial charge in [0.25, 0.3) is 0 Å². The summed E-state index contributed by atoms with van der Waals surface area (Å²) < 4.78 is 38.5. The molecule has 1 unspecified atom stereocenters. The number of aryl methyl sites for hydroxylation is 1. The van der Waals surface area contributed by atoms with E-state index in [1.165, 1.54) is 0 Å². The Morgan fingerprint density at radius 3 is 2.41 bits per heavy atom. The van der Waals surface area contributed by atoms with E-state index >= 15 is 0 Å². The number of aliphatic hydroxyl groups excluding tert-OH is 1. The average molecular weight is 412 g/mol. The van der Waals surface area contributed by atoms with Crippen molar-refractivity contribution in [3.05, 3.63) is 29.3 Å². The van der Waals surface area contributed by atoms with Crippen LogP contribution in [0.5, 0.6) is 0 Å². The molecule has 2 aliphatic heterocycles. The quantitative estimate of drug-likeness (QED) is 0.804. The SMILES string of the molecule is CC(C)(C)C(=O)N1CCCc2cc(C(O)CN3CCC(C(F)(F)F)CC3)ccc21. The van der Waals surface area contributed by atoms with E-state index in [4.69, 9.17) is 0 Å². The Kier molecular flexibility index (Phi) is 6.30. The molecule has 2 aliphatic rings. The van der Waals surface area contributed by atoms with Gasteiger partial charge in [0, 0.05) is 24.2 Å². The van der Waals surface area contributed by atoms with Gasteiger partial charge in [-0.15, -0.1) is 0 Å². The summed E-state index contributed by atoms with van der Waals surface area (Å²) in [5, 5.41) is 10.7. The zero-order valence-corrected chi connectivity index (χ0v) is 17.4. The summed E-state index contributed by atoms with van der Waals surface area (Å²) in [7, 11) is 0. The Morgan fingerprint density at radius 1 is 1.17 bits per heavy atom. The molecule has 4 nitrogen and oxygen atoms in total. The molecule has 0 spiro atoms. The minimum absolute atomic E-state index is 0.0827. The Morgan fingerprint density at radius 2 is 1.83 bits per heavy atom. The highest BCUT2D eigenvalue weighted by atomic mass is 19.4. The Bertz CT molecular complexity index is 735.